The highest BCUT2D eigenvalue weighted by molar-refractivity contribution is 6.30. The van der Waals surface area contributed by atoms with Crippen molar-refractivity contribution in [2.45, 2.75) is 0 Å². The van der Waals surface area contributed by atoms with Crippen molar-refractivity contribution in [1.82, 2.24) is 16.2 Å². The van der Waals surface area contributed by atoms with Crippen LogP contribution in [0.2, 0.25) is 5.02 Å². The summed E-state index contributed by atoms with van der Waals surface area (Å²) in [7, 11) is 0. The number of carbonyl (C=O) groups is 4. The molecule has 0 saturated carbocycles. The number of ether oxygens (including phenoxy) is 1. The number of halogens is 1. The molecule has 1 aromatic heterocycles. The van der Waals surface area contributed by atoms with Gasteiger partial charge >= 0.3 is 5.97 Å². The molecule has 1 aromatic carbocycles. The summed E-state index contributed by atoms with van der Waals surface area (Å²) >= 11 is 5.71. The molecule has 1 heterocycles. The number of hydrogen-bond donors (Lipinski definition) is 3. The van der Waals surface area contributed by atoms with Gasteiger partial charge in [-0.2, -0.15) is 0 Å². The second kappa shape index (κ2) is 9.23. The molecule has 10 heteroatoms. The van der Waals surface area contributed by atoms with E-state index < -0.39 is 36.8 Å². The average Bonchev–Trinajstić information content (AvgIpc) is 3.17. The number of furan rings is 1. The molecule has 0 aliphatic carbocycles. The zero-order valence-electron chi connectivity index (χ0n) is 13.3. The molecule has 0 radical (unpaired) electrons. The molecule has 9 nitrogen and oxygen atoms in total. The van der Waals surface area contributed by atoms with Crippen molar-refractivity contribution in [3.8, 4) is 0 Å². The number of hydrogen-bond acceptors (Lipinski definition) is 6. The molecule has 0 fully saturated rings. The highest BCUT2D eigenvalue weighted by atomic mass is 35.5. The van der Waals surface area contributed by atoms with E-state index in [0.717, 1.165) is 0 Å². The van der Waals surface area contributed by atoms with Crippen LogP contribution in [0.5, 0.6) is 0 Å². The third-order valence-corrected chi connectivity index (χ3v) is 3.18. The van der Waals surface area contributed by atoms with E-state index in [1.54, 1.807) is 0 Å². The van der Waals surface area contributed by atoms with Crippen LogP contribution in [0.3, 0.4) is 0 Å². The van der Waals surface area contributed by atoms with Crippen molar-refractivity contribution in [2.24, 2.45) is 0 Å². The van der Waals surface area contributed by atoms with Crippen molar-refractivity contribution < 1.29 is 28.3 Å². The molecule has 3 N–H and O–H groups in total. The number of nitrogens with one attached hydrogen (secondary N) is 3. The number of hydrazine groups is 1. The summed E-state index contributed by atoms with van der Waals surface area (Å²) in [5, 5.41) is 2.73. The monoisotopic (exact) mass is 379 g/mol. The Hall–Kier alpha value is -3.33. The van der Waals surface area contributed by atoms with Gasteiger partial charge in [-0.15, -0.1) is 0 Å². The quantitative estimate of drug-likeness (QED) is 0.500. The first-order chi connectivity index (χ1) is 12.5. The van der Waals surface area contributed by atoms with Crippen LogP contribution in [-0.4, -0.2) is 36.8 Å². The van der Waals surface area contributed by atoms with Crippen LogP contribution in [0.15, 0.2) is 47.1 Å². The molecule has 0 aliphatic rings. The third-order valence-electron chi connectivity index (χ3n) is 2.92. The van der Waals surface area contributed by atoms with E-state index in [2.05, 4.69) is 20.9 Å². The summed E-state index contributed by atoms with van der Waals surface area (Å²) in [6, 6.07) is 8.96. The molecule has 0 unspecified atom stereocenters. The minimum Gasteiger partial charge on any atom is -0.459 e. The largest absolute Gasteiger partial charge is 0.459 e. The van der Waals surface area contributed by atoms with E-state index in [1.165, 1.54) is 42.7 Å². The van der Waals surface area contributed by atoms with Crippen LogP contribution in [0.4, 0.5) is 0 Å². The fraction of sp³-hybridized carbons (Fsp3) is 0.125. The fourth-order valence-corrected chi connectivity index (χ4v) is 1.81. The number of amides is 3. The minimum atomic E-state index is -0.830. The van der Waals surface area contributed by atoms with Crippen LogP contribution < -0.4 is 16.2 Å². The number of carbonyl (C=O) groups excluding carboxylic acids is 4. The van der Waals surface area contributed by atoms with Crippen molar-refractivity contribution >= 4 is 35.3 Å². The third kappa shape index (κ3) is 5.95. The van der Waals surface area contributed by atoms with Gasteiger partial charge in [0.25, 0.3) is 17.7 Å². The van der Waals surface area contributed by atoms with E-state index in [1.807, 2.05) is 0 Å². The summed E-state index contributed by atoms with van der Waals surface area (Å²) in [5.74, 6) is -2.69. The van der Waals surface area contributed by atoms with Crippen molar-refractivity contribution in [3.63, 3.8) is 0 Å². The molecular formula is C16H14ClN3O6. The maximum absolute atomic E-state index is 11.8. The summed E-state index contributed by atoms with van der Waals surface area (Å²) in [5.41, 5.74) is 4.53. The van der Waals surface area contributed by atoms with Gasteiger partial charge in [-0.25, -0.2) is 0 Å². The first kappa shape index (κ1) is 19.0. The molecule has 0 aliphatic heterocycles. The zero-order valence-corrected chi connectivity index (χ0v) is 14.0. The van der Waals surface area contributed by atoms with Crippen LogP contribution in [0.1, 0.15) is 20.9 Å². The van der Waals surface area contributed by atoms with Gasteiger partial charge in [-0.3, -0.25) is 30.0 Å². The van der Waals surface area contributed by atoms with E-state index in [-0.39, 0.29) is 11.3 Å². The van der Waals surface area contributed by atoms with Crippen LogP contribution >= 0.6 is 11.6 Å². The predicted octanol–water partition coefficient (Wildman–Crippen LogP) is 0.667. The molecule has 26 heavy (non-hydrogen) atoms. The van der Waals surface area contributed by atoms with Gasteiger partial charge in [0.15, 0.2) is 12.4 Å². The molecule has 0 bridgehead atoms. The molecule has 3 amide bonds. The molecule has 2 aromatic rings. The van der Waals surface area contributed by atoms with Crippen molar-refractivity contribution in [3.05, 3.63) is 59.0 Å². The number of rotatable bonds is 6. The van der Waals surface area contributed by atoms with Gasteiger partial charge in [-0.05, 0) is 36.4 Å². The van der Waals surface area contributed by atoms with Crippen LogP contribution in [0.25, 0.3) is 0 Å². The second-order valence-electron chi connectivity index (χ2n) is 4.83. The predicted molar refractivity (Wildman–Crippen MR) is 89.1 cm³/mol. The van der Waals surface area contributed by atoms with Crippen LogP contribution in [0, 0.1) is 0 Å². The average molecular weight is 380 g/mol. The van der Waals surface area contributed by atoms with E-state index >= 15 is 0 Å². The lowest BCUT2D eigenvalue weighted by Crippen LogP contribution is -2.44. The lowest BCUT2D eigenvalue weighted by molar-refractivity contribution is -0.147. The molecule has 0 saturated heterocycles. The number of esters is 1. The molecule has 2 rings (SSSR count). The first-order valence-electron chi connectivity index (χ1n) is 7.28. The lowest BCUT2D eigenvalue weighted by Gasteiger charge is -2.08. The Morgan fingerprint density at radius 3 is 2.38 bits per heavy atom. The fourth-order valence-electron chi connectivity index (χ4n) is 1.68. The van der Waals surface area contributed by atoms with Crippen LogP contribution in [-0.2, 0) is 14.3 Å². The summed E-state index contributed by atoms with van der Waals surface area (Å²) in [6.45, 7) is -1.07. The van der Waals surface area contributed by atoms with Crippen molar-refractivity contribution in [2.75, 3.05) is 13.2 Å². The highest BCUT2D eigenvalue weighted by Gasteiger charge is 2.13. The maximum Gasteiger partial charge on any atom is 0.325 e. The standard InChI is InChI=1S/C16H14ClN3O6/c17-11-5-3-10(4-6-11)15(23)20-19-13(21)9-26-14(22)8-18-16(24)12-2-1-7-25-12/h1-7H,8-9H2,(H,18,24)(H,19,21)(H,20,23). The summed E-state index contributed by atoms with van der Waals surface area (Å²) in [4.78, 5) is 46.3. The van der Waals surface area contributed by atoms with E-state index in [0.29, 0.717) is 5.02 Å². The highest BCUT2D eigenvalue weighted by Crippen LogP contribution is 2.08. The van der Waals surface area contributed by atoms with Gasteiger partial charge in [0.05, 0.1) is 6.26 Å². The van der Waals surface area contributed by atoms with E-state index in [4.69, 9.17) is 16.0 Å². The summed E-state index contributed by atoms with van der Waals surface area (Å²) < 4.78 is 9.51. The van der Waals surface area contributed by atoms with Crippen molar-refractivity contribution in [1.29, 1.82) is 0 Å². The van der Waals surface area contributed by atoms with Gasteiger partial charge in [0.2, 0.25) is 0 Å². The first-order valence-corrected chi connectivity index (χ1v) is 7.65. The Balaban J connectivity index is 1.64. The van der Waals surface area contributed by atoms with Gasteiger partial charge < -0.3 is 14.5 Å². The normalized spacial score (nSPS) is 9.88. The molecule has 0 atom stereocenters. The van der Waals surface area contributed by atoms with Gasteiger partial charge in [0.1, 0.15) is 6.54 Å². The Morgan fingerprint density at radius 1 is 1.00 bits per heavy atom. The Bertz CT molecular complexity index is 789. The van der Waals surface area contributed by atoms with Gasteiger partial charge in [-0.1, -0.05) is 11.6 Å². The Labute approximate surface area is 152 Å². The zero-order chi connectivity index (χ0) is 18.9. The SMILES string of the molecule is O=C(COC(=O)CNC(=O)c1ccco1)NNC(=O)c1ccc(Cl)cc1. The minimum absolute atomic E-state index is 0.0421. The topological polar surface area (TPSA) is 127 Å². The molecule has 0 spiro atoms. The van der Waals surface area contributed by atoms with Gasteiger partial charge in [0, 0.05) is 10.6 Å². The smallest absolute Gasteiger partial charge is 0.325 e. The molecule has 136 valence electrons. The Morgan fingerprint density at radius 2 is 1.73 bits per heavy atom. The van der Waals surface area contributed by atoms with E-state index in [9.17, 15) is 19.2 Å². The summed E-state index contributed by atoms with van der Waals surface area (Å²) in [6.07, 6.45) is 1.32. The Kier molecular flexibility index (Phi) is 6.75. The lowest BCUT2D eigenvalue weighted by atomic mass is 10.2. The molecular weight excluding hydrogens is 366 g/mol. The maximum atomic E-state index is 11.8. The second-order valence-corrected chi connectivity index (χ2v) is 5.27. The number of benzene rings is 1.